The first-order chi connectivity index (χ1) is 6.75. The van der Waals surface area contributed by atoms with Crippen molar-refractivity contribution in [3.8, 4) is 11.8 Å². The molecule has 0 unspecified atom stereocenters. The molecule has 1 saturated carbocycles. The highest BCUT2D eigenvalue weighted by Crippen LogP contribution is 2.27. The summed E-state index contributed by atoms with van der Waals surface area (Å²) in [6.45, 7) is 0. The Labute approximate surface area is 82.3 Å². The predicted octanol–water partition coefficient (Wildman–Crippen LogP) is 0.942. The zero-order chi connectivity index (χ0) is 9.97. The maximum absolute atomic E-state index is 10.7. The van der Waals surface area contributed by atoms with Gasteiger partial charge in [0.25, 0.3) is 5.91 Å². The average Bonchev–Trinajstić information content (AvgIpc) is 2.99. The van der Waals surface area contributed by atoms with Crippen molar-refractivity contribution in [3.05, 3.63) is 29.6 Å². The summed E-state index contributed by atoms with van der Waals surface area (Å²) >= 11 is 0. The highest BCUT2D eigenvalue weighted by Gasteiger charge is 2.17. The van der Waals surface area contributed by atoms with Crippen LogP contribution in [-0.2, 0) is 0 Å². The van der Waals surface area contributed by atoms with E-state index in [1.807, 2.05) is 0 Å². The summed E-state index contributed by atoms with van der Waals surface area (Å²) in [7, 11) is 0. The van der Waals surface area contributed by atoms with Crippen molar-refractivity contribution in [3.63, 3.8) is 0 Å². The molecule has 0 radical (unpaired) electrons. The van der Waals surface area contributed by atoms with Gasteiger partial charge in [0.1, 0.15) is 5.69 Å². The Bertz CT molecular complexity index is 407. The van der Waals surface area contributed by atoms with E-state index in [-0.39, 0.29) is 5.69 Å². The standard InChI is InChI=1S/C11H10N2O/c12-11(14)10-6-5-9(7-13-10)4-3-8-1-2-8/h5-8H,1-2H2,(H2,12,14). The van der Waals surface area contributed by atoms with Crippen molar-refractivity contribution < 1.29 is 4.79 Å². The molecule has 0 bridgehead atoms. The topological polar surface area (TPSA) is 56.0 Å². The third-order valence-corrected chi connectivity index (χ3v) is 2.01. The summed E-state index contributed by atoms with van der Waals surface area (Å²) in [4.78, 5) is 14.6. The lowest BCUT2D eigenvalue weighted by Gasteiger charge is -1.93. The molecular weight excluding hydrogens is 176 g/mol. The number of primary amides is 1. The molecular formula is C11H10N2O. The van der Waals surface area contributed by atoms with Gasteiger partial charge in [-0.3, -0.25) is 4.79 Å². The number of nitrogens with zero attached hydrogens (tertiary/aromatic N) is 1. The Hall–Kier alpha value is -1.82. The van der Waals surface area contributed by atoms with Crippen LogP contribution in [0.4, 0.5) is 0 Å². The van der Waals surface area contributed by atoms with Crippen LogP contribution in [0.25, 0.3) is 0 Å². The molecule has 0 aliphatic heterocycles. The molecule has 1 fully saturated rings. The first-order valence-corrected chi connectivity index (χ1v) is 4.53. The summed E-state index contributed by atoms with van der Waals surface area (Å²) < 4.78 is 0. The monoisotopic (exact) mass is 186 g/mol. The minimum atomic E-state index is -0.508. The minimum absolute atomic E-state index is 0.280. The van der Waals surface area contributed by atoms with Crippen molar-refractivity contribution in [2.75, 3.05) is 0 Å². The van der Waals surface area contributed by atoms with Crippen LogP contribution in [0.1, 0.15) is 28.9 Å². The zero-order valence-corrected chi connectivity index (χ0v) is 7.66. The Morgan fingerprint density at radius 2 is 2.29 bits per heavy atom. The second kappa shape index (κ2) is 3.51. The number of rotatable bonds is 1. The molecule has 0 spiro atoms. The molecule has 3 nitrogen and oxygen atoms in total. The molecule has 1 aromatic rings. The Morgan fingerprint density at radius 3 is 2.79 bits per heavy atom. The molecule has 70 valence electrons. The van der Waals surface area contributed by atoms with E-state index in [0.717, 1.165) is 5.56 Å². The molecule has 0 aromatic carbocycles. The summed E-state index contributed by atoms with van der Waals surface area (Å²) in [6, 6.07) is 3.36. The first kappa shape index (κ1) is 8.76. The van der Waals surface area contributed by atoms with E-state index >= 15 is 0 Å². The number of hydrogen-bond donors (Lipinski definition) is 1. The van der Waals surface area contributed by atoms with Crippen molar-refractivity contribution in [1.29, 1.82) is 0 Å². The second-order valence-corrected chi connectivity index (χ2v) is 3.34. The Kier molecular flexibility index (Phi) is 2.19. The predicted molar refractivity (Wildman–Crippen MR) is 52.4 cm³/mol. The summed E-state index contributed by atoms with van der Waals surface area (Å²) in [5, 5.41) is 0. The molecule has 3 heteroatoms. The Morgan fingerprint density at radius 1 is 1.50 bits per heavy atom. The van der Waals surface area contributed by atoms with E-state index in [9.17, 15) is 4.79 Å². The van der Waals surface area contributed by atoms with Gasteiger partial charge in [0.2, 0.25) is 0 Å². The normalized spacial score (nSPS) is 14.3. The van der Waals surface area contributed by atoms with Gasteiger partial charge >= 0.3 is 0 Å². The molecule has 1 aliphatic rings. The lowest BCUT2D eigenvalue weighted by atomic mass is 10.2. The van der Waals surface area contributed by atoms with Gasteiger partial charge in [0.05, 0.1) is 0 Å². The number of pyridine rings is 1. The first-order valence-electron chi connectivity index (χ1n) is 4.53. The summed E-state index contributed by atoms with van der Waals surface area (Å²) in [6.07, 6.45) is 4.00. The fourth-order valence-electron chi connectivity index (χ4n) is 1.03. The highest BCUT2D eigenvalue weighted by molar-refractivity contribution is 5.90. The van der Waals surface area contributed by atoms with Crippen LogP contribution >= 0.6 is 0 Å². The van der Waals surface area contributed by atoms with Crippen LogP contribution in [-0.4, -0.2) is 10.9 Å². The maximum atomic E-state index is 10.7. The number of carbonyl (C=O) groups is 1. The van der Waals surface area contributed by atoms with E-state index in [1.165, 1.54) is 12.8 Å². The molecule has 2 N–H and O–H groups in total. The average molecular weight is 186 g/mol. The van der Waals surface area contributed by atoms with Crippen molar-refractivity contribution in [2.45, 2.75) is 12.8 Å². The van der Waals surface area contributed by atoms with E-state index in [1.54, 1.807) is 18.3 Å². The van der Waals surface area contributed by atoms with Crippen LogP contribution in [0.3, 0.4) is 0 Å². The molecule has 1 aromatic heterocycles. The maximum Gasteiger partial charge on any atom is 0.267 e. The smallest absolute Gasteiger partial charge is 0.267 e. The Balaban J connectivity index is 2.14. The van der Waals surface area contributed by atoms with Gasteiger partial charge in [-0.2, -0.15) is 0 Å². The second-order valence-electron chi connectivity index (χ2n) is 3.34. The lowest BCUT2D eigenvalue weighted by Crippen LogP contribution is -2.12. The van der Waals surface area contributed by atoms with Crippen molar-refractivity contribution in [1.82, 2.24) is 4.98 Å². The lowest BCUT2D eigenvalue weighted by molar-refractivity contribution is 0.0995. The van der Waals surface area contributed by atoms with Gasteiger partial charge in [-0.25, -0.2) is 4.98 Å². The van der Waals surface area contributed by atoms with E-state index in [4.69, 9.17) is 5.73 Å². The fourth-order valence-corrected chi connectivity index (χ4v) is 1.03. The molecule has 1 amide bonds. The summed E-state index contributed by atoms with van der Waals surface area (Å²) in [5.74, 6) is 6.19. The number of amides is 1. The fraction of sp³-hybridized carbons (Fsp3) is 0.273. The van der Waals surface area contributed by atoms with Crippen LogP contribution in [0.15, 0.2) is 18.3 Å². The van der Waals surface area contributed by atoms with Gasteiger partial charge in [-0.05, 0) is 25.0 Å². The van der Waals surface area contributed by atoms with E-state index < -0.39 is 5.91 Å². The van der Waals surface area contributed by atoms with Crippen LogP contribution in [0.2, 0.25) is 0 Å². The number of hydrogen-bond acceptors (Lipinski definition) is 2. The van der Waals surface area contributed by atoms with Crippen molar-refractivity contribution in [2.24, 2.45) is 11.7 Å². The van der Waals surface area contributed by atoms with Gasteiger partial charge in [0.15, 0.2) is 0 Å². The van der Waals surface area contributed by atoms with E-state index in [0.29, 0.717) is 5.92 Å². The van der Waals surface area contributed by atoms with Gasteiger partial charge in [-0.15, -0.1) is 0 Å². The van der Waals surface area contributed by atoms with Crippen LogP contribution < -0.4 is 5.73 Å². The molecule has 0 atom stereocenters. The summed E-state index contributed by atoms with van der Waals surface area (Å²) in [5.41, 5.74) is 6.17. The van der Waals surface area contributed by atoms with Crippen LogP contribution in [0.5, 0.6) is 0 Å². The quantitative estimate of drug-likeness (QED) is 0.663. The van der Waals surface area contributed by atoms with Gasteiger partial charge in [-0.1, -0.05) is 11.8 Å². The number of aromatic nitrogens is 1. The zero-order valence-electron chi connectivity index (χ0n) is 7.66. The largest absolute Gasteiger partial charge is 0.364 e. The number of carbonyl (C=O) groups excluding carboxylic acids is 1. The third kappa shape index (κ3) is 2.11. The SMILES string of the molecule is NC(=O)c1ccc(C#CC2CC2)cn1. The molecule has 1 heterocycles. The molecule has 2 rings (SSSR count). The van der Waals surface area contributed by atoms with Gasteiger partial charge in [0, 0.05) is 17.7 Å². The molecule has 14 heavy (non-hydrogen) atoms. The van der Waals surface area contributed by atoms with Crippen LogP contribution in [0, 0.1) is 17.8 Å². The van der Waals surface area contributed by atoms with Crippen molar-refractivity contribution >= 4 is 5.91 Å². The molecule has 1 aliphatic carbocycles. The van der Waals surface area contributed by atoms with E-state index in [2.05, 4.69) is 16.8 Å². The highest BCUT2D eigenvalue weighted by atomic mass is 16.1. The molecule has 0 saturated heterocycles. The number of nitrogens with two attached hydrogens (primary N) is 1. The third-order valence-electron chi connectivity index (χ3n) is 2.01. The van der Waals surface area contributed by atoms with Gasteiger partial charge < -0.3 is 5.73 Å². The minimum Gasteiger partial charge on any atom is -0.364 e.